The van der Waals surface area contributed by atoms with Gasteiger partial charge in [-0.2, -0.15) is 0 Å². The number of likely N-dealkylation sites (N-methyl/N-ethyl adjacent to an activating group) is 1. The van der Waals surface area contributed by atoms with Crippen molar-refractivity contribution in [2.45, 2.75) is 53.1 Å². The lowest BCUT2D eigenvalue weighted by Crippen LogP contribution is -2.42. The monoisotopic (exact) mass is 315 g/mol. The maximum absolute atomic E-state index is 12.3. The summed E-state index contributed by atoms with van der Waals surface area (Å²) in [6, 6.07) is 0. The number of rotatable bonds is 2. The summed E-state index contributed by atoms with van der Waals surface area (Å²) in [5.74, 6) is 0.174. The number of carbonyl (C=O) groups is 2. The number of amides is 1. The predicted octanol–water partition coefficient (Wildman–Crippen LogP) is 3.36. The van der Waals surface area contributed by atoms with Gasteiger partial charge in [-0.25, -0.2) is 0 Å². The minimum Gasteiger partial charge on any atom is -0.462 e. The third-order valence-electron chi connectivity index (χ3n) is 5.95. The molecule has 0 saturated heterocycles. The highest BCUT2D eigenvalue weighted by Crippen LogP contribution is 2.54. The Balaban J connectivity index is 1.99. The summed E-state index contributed by atoms with van der Waals surface area (Å²) >= 11 is 0. The standard InChI is InChI=1S/C19H25NO3/c1-6-17(21)23-16-8-7-13-9-15-14(10-19(13,4)12(16)3)11(2)18(22)20(15)5/h7,9,12,16H,6,8,10H2,1-5H3/t12-,16-,19+/m0/s1. The van der Waals surface area contributed by atoms with E-state index in [9.17, 15) is 9.59 Å². The lowest BCUT2D eigenvalue weighted by molar-refractivity contribution is -0.153. The molecule has 4 nitrogen and oxygen atoms in total. The molecule has 3 aliphatic rings. The average Bonchev–Trinajstić information content (AvgIpc) is 2.73. The summed E-state index contributed by atoms with van der Waals surface area (Å²) in [4.78, 5) is 25.7. The molecule has 0 fully saturated rings. The van der Waals surface area contributed by atoms with E-state index in [4.69, 9.17) is 4.74 Å². The predicted molar refractivity (Wildman–Crippen MR) is 88.3 cm³/mol. The molecule has 0 unspecified atom stereocenters. The summed E-state index contributed by atoms with van der Waals surface area (Å²) < 4.78 is 5.65. The van der Waals surface area contributed by atoms with Crippen molar-refractivity contribution in [2.75, 3.05) is 7.05 Å². The summed E-state index contributed by atoms with van der Waals surface area (Å²) in [7, 11) is 1.84. The van der Waals surface area contributed by atoms with Crippen LogP contribution in [0.5, 0.6) is 0 Å². The van der Waals surface area contributed by atoms with E-state index in [-0.39, 0.29) is 29.3 Å². The molecule has 0 N–H and O–H groups in total. The van der Waals surface area contributed by atoms with Crippen LogP contribution in [0.4, 0.5) is 0 Å². The fourth-order valence-corrected chi connectivity index (χ4v) is 4.05. The number of carbonyl (C=O) groups excluding carboxylic acids is 2. The van der Waals surface area contributed by atoms with Gasteiger partial charge in [-0.05, 0) is 30.6 Å². The minimum absolute atomic E-state index is 0.0816. The van der Waals surface area contributed by atoms with Gasteiger partial charge in [-0.3, -0.25) is 9.59 Å². The molecular formula is C19H25NO3. The van der Waals surface area contributed by atoms with E-state index < -0.39 is 0 Å². The zero-order chi connectivity index (χ0) is 16.9. The molecule has 0 spiro atoms. The van der Waals surface area contributed by atoms with Crippen LogP contribution < -0.4 is 0 Å². The van der Waals surface area contributed by atoms with Crippen LogP contribution in [0.25, 0.3) is 0 Å². The van der Waals surface area contributed by atoms with E-state index in [1.807, 2.05) is 20.9 Å². The molecule has 23 heavy (non-hydrogen) atoms. The van der Waals surface area contributed by atoms with Crippen molar-refractivity contribution in [1.82, 2.24) is 4.90 Å². The lowest BCUT2D eigenvalue weighted by atomic mass is 9.60. The van der Waals surface area contributed by atoms with Crippen molar-refractivity contribution in [3.8, 4) is 0 Å². The summed E-state index contributed by atoms with van der Waals surface area (Å²) in [6.45, 7) is 8.12. The van der Waals surface area contributed by atoms with Crippen molar-refractivity contribution in [3.63, 3.8) is 0 Å². The molecule has 0 saturated carbocycles. The van der Waals surface area contributed by atoms with E-state index in [2.05, 4.69) is 26.0 Å². The SMILES string of the molecule is CCC(=O)O[C@H]1CC=C2C=C3C(=C(C)C(=O)N3C)C[C@]2(C)[C@H]1C. The maximum atomic E-state index is 12.3. The van der Waals surface area contributed by atoms with Crippen LogP contribution in [0.15, 0.2) is 34.6 Å². The Morgan fingerprint density at radius 3 is 2.83 bits per heavy atom. The van der Waals surface area contributed by atoms with E-state index in [0.717, 1.165) is 29.7 Å². The fraction of sp³-hybridized carbons (Fsp3) is 0.579. The highest BCUT2D eigenvalue weighted by Gasteiger charge is 2.48. The molecule has 3 atom stereocenters. The van der Waals surface area contributed by atoms with E-state index in [1.165, 1.54) is 5.57 Å². The van der Waals surface area contributed by atoms with Gasteiger partial charge in [0.2, 0.25) is 0 Å². The van der Waals surface area contributed by atoms with Gasteiger partial charge in [0, 0.05) is 42.5 Å². The molecule has 1 amide bonds. The Kier molecular flexibility index (Phi) is 3.74. The zero-order valence-corrected chi connectivity index (χ0v) is 14.6. The highest BCUT2D eigenvalue weighted by atomic mass is 16.5. The number of allylic oxidation sites excluding steroid dienone is 3. The van der Waals surface area contributed by atoms with Gasteiger partial charge in [-0.15, -0.1) is 0 Å². The van der Waals surface area contributed by atoms with Gasteiger partial charge in [-0.1, -0.05) is 26.8 Å². The van der Waals surface area contributed by atoms with E-state index in [0.29, 0.717) is 6.42 Å². The first-order valence-electron chi connectivity index (χ1n) is 8.39. The topological polar surface area (TPSA) is 46.6 Å². The van der Waals surface area contributed by atoms with Crippen LogP contribution in [0.2, 0.25) is 0 Å². The van der Waals surface area contributed by atoms with Crippen LogP contribution in [-0.2, 0) is 14.3 Å². The second-order valence-corrected chi connectivity index (χ2v) is 7.16. The van der Waals surface area contributed by atoms with Gasteiger partial charge in [0.15, 0.2) is 0 Å². The second-order valence-electron chi connectivity index (χ2n) is 7.16. The van der Waals surface area contributed by atoms with Gasteiger partial charge in [0.05, 0.1) is 0 Å². The number of nitrogens with zero attached hydrogens (tertiary/aromatic N) is 1. The minimum atomic E-state index is -0.138. The summed E-state index contributed by atoms with van der Waals surface area (Å²) in [5.41, 5.74) is 4.20. The third-order valence-corrected chi connectivity index (χ3v) is 5.95. The van der Waals surface area contributed by atoms with Crippen LogP contribution in [0.3, 0.4) is 0 Å². The molecule has 4 heteroatoms. The molecule has 1 aliphatic heterocycles. The van der Waals surface area contributed by atoms with Gasteiger partial charge in [0.1, 0.15) is 6.10 Å². The molecule has 124 valence electrons. The first kappa shape index (κ1) is 16.0. The molecule has 1 heterocycles. The second kappa shape index (κ2) is 5.36. The van der Waals surface area contributed by atoms with Crippen LogP contribution in [0, 0.1) is 11.3 Å². The van der Waals surface area contributed by atoms with Crippen molar-refractivity contribution in [1.29, 1.82) is 0 Å². The number of fused-ring (bicyclic) bond motifs is 2. The Labute approximate surface area is 137 Å². The quantitative estimate of drug-likeness (QED) is 0.734. The van der Waals surface area contributed by atoms with Crippen LogP contribution >= 0.6 is 0 Å². The Morgan fingerprint density at radius 2 is 2.17 bits per heavy atom. The van der Waals surface area contributed by atoms with Gasteiger partial charge < -0.3 is 9.64 Å². The molecule has 0 bridgehead atoms. The Hall–Kier alpha value is -1.84. The molecule has 0 aromatic rings. The molecule has 3 rings (SSSR count). The van der Waals surface area contributed by atoms with Crippen molar-refractivity contribution in [3.05, 3.63) is 34.6 Å². The average molecular weight is 315 g/mol. The Bertz CT molecular complexity index is 670. The first-order chi connectivity index (χ1) is 10.8. The Morgan fingerprint density at radius 1 is 1.48 bits per heavy atom. The number of hydrogen-bond donors (Lipinski definition) is 0. The molecule has 0 aromatic carbocycles. The molecule has 0 aromatic heterocycles. The van der Waals surface area contributed by atoms with Crippen LogP contribution in [-0.4, -0.2) is 29.9 Å². The van der Waals surface area contributed by atoms with E-state index in [1.54, 1.807) is 4.90 Å². The lowest BCUT2D eigenvalue weighted by Gasteiger charge is -2.46. The van der Waals surface area contributed by atoms with Gasteiger partial charge in [0.25, 0.3) is 5.91 Å². The van der Waals surface area contributed by atoms with Crippen molar-refractivity contribution >= 4 is 11.9 Å². The first-order valence-corrected chi connectivity index (χ1v) is 8.39. The molecule has 0 radical (unpaired) electrons. The zero-order valence-electron chi connectivity index (χ0n) is 14.6. The number of hydrogen-bond acceptors (Lipinski definition) is 3. The molecule has 2 aliphatic carbocycles. The highest BCUT2D eigenvalue weighted by molar-refractivity contribution is 6.00. The third kappa shape index (κ3) is 2.27. The largest absolute Gasteiger partial charge is 0.462 e. The van der Waals surface area contributed by atoms with Crippen LogP contribution in [0.1, 0.15) is 47.0 Å². The smallest absolute Gasteiger partial charge is 0.305 e. The number of esters is 1. The summed E-state index contributed by atoms with van der Waals surface area (Å²) in [5, 5.41) is 0. The van der Waals surface area contributed by atoms with Gasteiger partial charge >= 0.3 is 5.97 Å². The maximum Gasteiger partial charge on any atom is 0.305 e. The number of ether oxygens (including phenoxy) is 1. The summed E-state index contributed by atoms with van der Waals surface area (Å²) in [6.07, 6.45) is 6.24. The van der Waals surface area contributed by atoms with E-state index >= 15 is 0 Å². The van der Waals surface area contributed by atoms with Crippen molar-refractivity contribution in [2.24, 2.45) is 11.3 Å². The van der Waals surface area contributed by atoms with Crippen molar-refractivity contribution < 1.29 is 14.3 Å². The normalized spacial score (nSPS) is 33.1. The molecular weight excluding hydrogens is 290 g/mol. The fourth-order valence-electron chi connectivity index (χ4n) is 4.05.